The SMILES string of the molecule is CCC1CCCC(Oc2cc(F)ccc2[C@H](C)N)C1. The van der Waals surface area contributed by atoms with Gasteiger partial charge in [0.05, 0.1) is 6.10 Å². The second-order valence-electron chi connectivity index (χ2n) is 5.65. The van der Waals surface area contributed by atoms with E-state index in [-0.39, 0.29) is 18.0 Å². The highest BCUT2D eigenvalue weighted by atomic mass is 19.1. The minimum atomic E-state index is -0.262. The maximum Gasteiger partial charge on any atom is 0.127 e. The van der Waals surface area contributed by atoms with E-state index in [1.54, 1.807) is 6.07 Å². The molecule has 0 amide bonds. The largest absolute Gasteiger partial charge is 0.490 e. The summed E-state index contributed by atoms with van der Waals surface area (Å²) in [6, 6.07) is 4.51. The van der Waals surface area contributed by atoms with Crippen LogP contribution in [0.1, 0.15) is 57.6 Å². The van der Waals surface area contributed by atoms with Gasteiger partial charge in [0.2, 0.25) is 0 Å². The molecule has 0 heterocycles. The van der Waals surface area contributed by atoms with E-state index in [4.69, 9.17) is 10.5 Å². The molecule has 0 saturated heterocycles. The van der Waals surface area contributed by atoms with E-state index < -0.39 is 0 Å². The van der Waals surface area contributed by atoms with E-state index in [9.17, 15) is 4.39 Å². The fourth-order valence-electron chi connectivity index (χ4n) is 2.89. The van der Waals surface area contributed by atoms with Crippen LogP contribution in [-0.4, -0.2) is 6.10 Å². The Morgan fingerprint density at radius 3 is 2.89 bits per heavy atom. The highest BCUT2D eigenvalue weighted by molar-refractivity contribution is 5.36. The molecule has 1 saturated carbocycles. The van der Waals surface area contributed by atoms with Crippen LogP contribution in [0.15, 0.2) is 18.2 Å². The lowest BCUT2D eigenvalue weighted by Crippen LogP contribution is -2.26. The summed E-state index contributed by atoms with van der Waals surface area (Å²) in [5.74, 6) is 1.10. The zero-order valence-corrected chi connectivity index (χ0v) is 11.9. The van der Waals surface area contributed by atoms with Crippen LogP contribution in [0.2, 0.25) is 0 Å². The minimum Gasteiger partial charge on any atom is -0.490 e. The molecule has 2 nitrogen and oxygen atoms in total. The van der Waals surface area contributed by atoms with Crippen LogP contribution in [-0.2, 0) is 0 Å². The van der Waals surface area contributed by atoms with Crippen molar-refractivity contribution in [1.29, 1.82) is 0 Å². The van der Waals surface area contributed by atoms with E-state index in [0.29, 0.717) is 5.75 Å². The van der Waals surface area contributed by atoms with Crippen molar-refractivity contribution >= 4 is 0 Å². The van der Waals surface area contributed by atoms with Crippen LogP contribution < -0.4 is 10.5 Å². The van der Waals surface area contributed by atoms with Gasteiger partial charge in [0.1, 0.15) is 11.6 Å². The van der Waals surface area contributed by atoms with E-state index in [2.05, 4.69) is 6.92 Å². The monoisotopic (exact) mass is 265 g/mol. The van der Waals surface area contributed by atoms with Gasteiger partial charge in [-0.1, -0.05) is 25.8 Å². The molecule has 2 unspecified atom stereocenters. The van der Waals surface area contributed by atoms with Gasteiger partial charge in [-0.15, -0.1) is 0 Å². The summed E-state index contributed by atoms with van der Waals surface area (Å²) in [5, 5.41) is 0. The number of rotatable bonds is 4. The molecule has 3 heteroatoms. The first-order valence-corrected chi connectivity index (χ1v) is 7.31. The second-order valence-corrected chi connectivity index (χ2v) is 5.65. The van der Waals surface area contributed by atoms with Crippen LogP contribution in [0.25, 0.3) is 0 Å². The smallest absolute Gasteiger partial charge is 0.127 e. The molecule has 1 fully saturated rings. The predicted molar refractivity (Wildman–Crippen MR) is 75.7 cm³/mol. The van der Waals surface area contributed by atoms with Crippen molar-refractivity contribution in [3.05, 3.63) is 29.6 Å². The summed E-state index contributed by atoms with van der Waals surface area (Å²) >= 11 is 0. The van der Waals surface area contributed by atoms with Crippen molar-refractivity contribution in [2.24, 2.45) is 11.7 Å². The lowest BCUT2D eigenvalue weighted by Gasteiger charge is -2.30. The lowest BCUT2D eigenvalue weighted by atomic mass is 9.85. The number of benzene rings is 1. The molecule has 2 N–H and O–H groups in total. The van der Waals surface area contributed by atoms with Crippen LogP contribution in [0, 0.1) is 11.7 Å². The molecule has 0 aliphatic heterocycles. The summed E-state index contributed by atoms with van der Waals surface area (Å²) in [5.41, 5.74) is 6.81. The average molecular weight is 265 g/mol. The highest BCUT2D eigenvalue weighted by Gasteiger charge is 2.23. The normalized spacial score (nSPS) is 25.1. The molecule has 2 rings (SSSR count). The van der Waals surface area contributed by atoms with E-state index in [1.807, 2.05) is 6.92 Å². The second kappa shape index (κ2) is 6.38. The van der Waals surface area contributed by atoms with Gasteiger partial charge in [-0.3, -0.25) is 0 Å². The summed E-state index contributed by atoms with van der Waals surface area (Å²) in [6.45, 7) is 4.12. The van der Waals surface area contributed by atoms with Crippen molar-refractivity contribution in [3.63, 3.8) is 0 Å². The molecule has 0 spiro atoms. The Hall–Kier alpha value is -1.09. The van der Waals surface area contributed by atoms with Gasteiger partial charge in [-0.2, -0.15) is 0 Å². The van der Waals surface area contributed by atoms with Crippen LogP contribution in [0.3, 0.4) is 0 Å². The Labute approximate surface area is 115 Å². The van der Waals surface area contributed by atoms with Gasteiger partial charge in [0, 0.05) is 17.7 Å². The topological polar surface area (TPSA) is 35.2 Å². The van der Waals surface area contributed by atoms with Crippen LogP contribution >= 0.6 is 0 Å². The Morgan fingerprint density at radius 2 is 2.21 bits per heavy atom. The molecule has 0 bridgehead atoms. The Balaban J connectivity index is 2.11. The maximum absolute atomic E-state index is 13.4. The molecule has 1 aromatic carbocycles. The Kier molecular flexibility index (Phi) is 4.81. The van der Waals surface area contributed by atoms with Crippen molar-refractivity contribution in [2.75, 3.05) is 0 Å². The molecule has 1 aliphatic carbocycles. The van der Waals surface area contributed by atoms with Gasteiger partial charge in [-0.25, -0.2) is 4.39 Å². The molecule has 1 aromatic rings. The Bertz CT molecular complexity index is 419. The summed E-state index contributed by atoms with van der Waals surface area (Å²) < 4.78 is 19.4. The Morgan fingerprint density at radius 1 is 1.42 bits per heavy atom. The first kappa shape index (κ1) is 14.3. The summed E-state index contributed by atoms with van der Waals surface area (Å²) in [6.07, 6.45) is 6.03. The molecule has 106 valence electrons. The first-order chi connectivity index (χ1) is 9.10. The number of hydrogen-bond donors (Lipinski definition) is 1. The third kappa shape index (κ3) is 3.69. The number of ether oxygens (including phenoxy) is 1. The van der Waals surface area contributed by atoms with Gasteiger partial charge in [0.25, 0.3) is 0 Å². The third-order valence-electron chi connectivity index (χ3n) is 4.07. The average Bonchev–Trinajstić information content (AvgIpc) is 2.38. The zero-order chi connectivity index (χ0) is 13.8. The quantitative estimate of drug-likeness (QED) is 0.885. The van der Waals surface area contributed by atoms with Gasteiger partial charge in [0.15, 0.2) is 0 Å². The van der Waals surface area contributed by atoms with Crippen molar-refractivity contribution < 1.29 is 9.13 Å². The van der Waals surface area contributed by atoms with Gasteiger partial charge < -0.3 is 10.5 Å². The predicted octanol–water partition coefficient (Wildman–Crippen LogP) is 4.19. The standard InChI is InChI=1S/C16H24FNO/c1-3-12-5-4-6-14(9-12)19-16-10-13(17)7-8-15(16)11(2)18/h7-8,10-12,14H,3-6,9,18H2,1-2H3/t11-,12?,14?/m0/s1. The van der Waals surface area contributed by atoms with E-state index in [1.165, 1.54) is 31.4 Å². The number of nitrogens with two attached hydrogens (primary N) is 1. The molecule has 3 atom stereocenters. The summed E-state index contributed by atoms with van der Waals surface area (Å²) in [4.78, 5) is 0. The molecular formula is C16H24FNO. The van der Waals surface area contributed by atoms with Crippen LogP contribution in [0.4, 0.5) is 4.39 Å². The molecule has 0 radical (unpaired) electrons. The third-order valence-corrected chi connectivity index (χ3v) is 4.07. The lowest BCUT2D eigenvalue weighted by molar-refractivity contribution is 0.120. The highest BCUT2D eigenvalue weighted by Crippen LogP contribution is 2.32. The molecular weight excluding hydrogens is 241 g/mol. The van der Waals surface area contributed by atoms with E-state index in [0.717, 1.165) is 24.3 Å². The van der Waals surface area contributed by atoms with Gasteiger partial charge in [-0.05, 0) is 38.2 Å². The summed E-state index contributed by atoms with van der Waals surface area (Å²) in [7, 11) is 0. The molecule has 0 aromatic heterocycles. The number of hydrogen-bond acceptors (Lipinski definition) is 2. The van der Waals surface area contributed by atoms with Crippen molar-refractivity contribution in [1.82, 2.24) is 0 Å². The zero-order valence-electron chi connectivity index (χ0n) is 11.9. The fourth-order valence-corrected chi connectivity index (χ4v) is 2.89. The van der Waals surface area contributed by atoms with Crippen molar-refractivity contribution in [2.45, 2.75) is 58.1 Å². The molecule has 19 heavy (non-hydrogen) atoms. The maximum atomic E-state index is 13.4. The molecule has 1 aliphatic rings. The van der Waals surface area contributed by atoms with E-state index >= 15 is 0 Å². The van der Waals surface area contributed by atoms with Crippen molar-refractivity contribution in [3.8, 4) is 5.75 Å². The minimum absolute atomic E-state index is 0.138. The fraction of sp³-hybridized carbons (Fsp3) is 0.625. The number of halogens is 1. The first-order valence-electron chi connectivity index (χ1n) is 7.31. The van der Waals surface area contributed by atoms with Gasteiger partial charge >= 0.3 is 0 Å². The van der Waals surface area contributed by atoms with Crippen LogP contribution in [0.5, 0.6) is 5.75 Å².